The van der Waals surface area contributed by atoms with E-state index in [-0.39, 0.29) is 12.5 Å². The van der Waals surface area contributed by atoms with Crippen LogP contribution < -0.4 is 5.73 Å². The quantitative estimate of drug-likeness (QED) is 0.791. The Balaban J connectivity index is 2.59. The van der Waals surface area contributed by atoms with E-state index in [1.54, 1.807) is 12.1 Å². The molecule has 1 aromatic rings. The minimum absolute atomic E-state index is 0.107. The molecule has 2 N–H and O–H groups in total. The largest absolute Gasteiger partial charge is 0.328 e. The molecule has 0 fully saturated rings. The van der Waals surface area contributed by atoms with Crippen molar-refractivity contribution in [1.29, 1.82) is 0 Å². The summed E-state index contributed by atoms with van der Waals surface area (Å²) in [5, 5.41) is 0. The monoisotopic (exact) mass is 199 g/mol. The molecule has 78 valence electrons. The second-order valence-corrected chi connectivity index (χ2v) is 3.59. The predicted molar refractivity (Wildman–Crippen MR) is 53.5 cm³/mol. The highest BCUT2D eigenvalue weighted by Crippen LogP contribution is 2.10. The number of hydrogen-bond acceptors (Lipinski definition) is 1. The van der Waals surface area contributed by atoms with Crippen LogP contribution in [0.25, 0.3) is 0 Å². The van der Waals surface area contributed by atoms with Crippen LogP contribution in [0.1, 0.15) is 18.1 Å². The zero-order valence-electron chi connectivity index (χ0n) is 8.21. The van der Waals surface area contributed by atoms with Crippen LogP contribution in [-0.4, -0.2) is 12.5 Å². The molecule has 0 saturated heterocycles. The van der Waals surface area contributed by atoms with Crippen molar-refractivity contribution in [3.63, 3.8) is 0 Å². The number of nitrogens with two attached hydrogens (primary N) is 1. The van der Waals surface area contributed by atoms with E-state index in [1.807, 2.05) is 19.1 Å². The van der Waals surface area contributed by atoms with Crippen LogP contribution in [0.15, 0.2) is 24.3 Å². The summed E-state index contributed by atoms with van der Waals surface area (Å²) in [5.41, 5.74) is 7.39. The molecule has 1 unspecified atom stereocenters. The molecule has 0 bridgehead atoms. The number of halogens is 2. The van der Waals surface area contributed by atoms with Gasteiger partial charge in [0.1, 0.15) is 0 Å². The molecule has 0 spiro atoms. The minimum atomic E-state index is -2.27. The van der Waals surface area contributed by atoms with Crippen molar-refractivity contribution >= 4 is 0 Å². The first-order chi connectivity index (χ1) is 6.58. The van der Waals surface area contributed by atoms with Gasteiger partial charge in [-0.1, -0.05) is 24.3 Å². The Hall–Kier alpha value is -0.960. The highest BCUT2D eigenvalue weighted by Gasteiger charge is 2.04. The van der Waals surface area contributed by atoms with E-state index in [0.29, 0.717) is 5.56 Å². The summed E-state index contributed by atoms with van der Waals surface area (Å²) in [4.78, 5) is 0. The van der Waals surface area contributed by atoms with Crippen LogP contribution in [0, 0.1) is 0 Å². The van der Waals surface area contributed by atoms with Crippen molar-refractivity contribution in [2.75, 3.05) is 0 Å². The van der Waals surface area contributed by atoms with Crippen molar-refractivity contribution in [1.82, 2.24) is 0 Å². The average molecular weight is 199 g/mol. The third-order valence-corrected chi connectivity index (χ3v) is 1.97. The lowest BCUT2D eigenvalue weighted by Gasteiger charge is -2.06. The van der Waals surface area contributed by atoms with Gasteiger partial charge in [0.25, 0.3) is 0 Å². The van der Waals surface area contributed by atoms with Gasteiger partial charge in [-0.2, -0.15) is 0 Å². The third kappa shape index (κ3) is 3.83. The lowest BCUT2D eigenvalue weighted by Crippen LogP contribution is -2.17. The molecule has 0 aliphatic carbocycles. The van der Waals surface area contributed by atoms with Crippen molar-refractivity contribution < 1.29 is 8.78 Å². The first kappa shape index (κ1) is 11.1. The van der Waals surface area contributed by atoms with Gasteiger partial charge < -0.3 is 5.73 Å². The molecule has 0 amide bonds. The Morgan fingerprint density at radius 2 is 1.50 bits per heavy atom. The molecule has 14 heavy (non-hydrogen) atoms. The molecular formula is C11H15F2N. The molecule has 1 nitrogen and oxygen atoms in total. The van der Waals surface area contributed by atoms with E-state index >= 15 is 0 Å². The fourth-order valence-electron chi connectivity index (χ4n) is 1.36. The third-order valence-electron chi connectivity index (χ3n) is 1.97. The van der Waals surface area contributed by atoms with Gasteiger partial charge in [0.05, 0.1) is 0 Å². The van der Waals surface area contributed by atoms with E-state index in [9.17, 15) is 8.78 Å². The second kappa shape index (κ2) is 5.05. The molecule has 0 saturated carbocycles. The molecular weight excluding hydrogens is 184 g/mol. The zero-order valence-corrected chi connectivity index (χ0v) is 8.21. The van der Waals surface area contributed by atoms with Gasteiger partial charge >= 0.3 is 0 Å². The van der Waals surface area contributed by atoms with Gasteiger partial charge in [-0.05, 0) is 24.5 Å². The highest BCUT2D eigenvalue weighted by molar-refractivity contribution is 5.23. The molecule has 1 aromatic carbocycles. The highest BCUT2D eigenvalue weighted by atomic mass is 19.3. The minimum Gasteiger partial charge on any atom is -0.328 e. The Bertz CT molecular complexity index is 238. The van der Waals surface area contributed by atoms with E-state index in [0.717, 1.165) is 12.0 Å². The van der Waals surface area contributed by atoms with Crippen molar-refractivity contribution in [3.05, 3.63) is 35.4 Å². The Kier molecular flexibility index (Phi) is 4.01. The number of alkyl halides is 2. The van der Waals surface area contributed by atoms with Crippen LogP contribution in [-0.2, 0) is 12.8 Å². The molecule has 1 rings (SSSR count). The van der Waals surface area contributed by atoms with Gasteiger partial charge in [0.15, 0.2) is 0 Å². The lowest BCUT2D eigenvalue weighted by molar-refractivity contribution is 0.149. The molecule has 0 aromatic heterocycles. The maximum absolute atomic E-state index is 12.0. The first-order valence-electron chi connectivity index (χ1n) is 4.69. The van der Waals surface area contributed by atoms with Crippen molar-refractivity contribution in [3.8, 4) is 0 Å². The van der Waals surface area contributed by atoms with Crippen LogP contribution in [0.4, 0.5) is 8.78 Å². The summed E-state index contributed by atoms with van der Waals surface area (Å²) in [6.07, 6.45) is -1.65. The van der Waals surface area contributed by atoms with Crippen LogP contribution >= 0.6 is 0 Å². The van der Waals surface area contributed by atoms with Gasteiger partial charge in [0.2, 0.25) is 6.43 Å². The Morgan fingerprint density at radius 1 is 1.07 bits per heavy atom. The van der Waals surface area contributed by atoms with Gasteiger partial charge in [-0.15, -0.1) is 0 Å². The molecule has 1 atom stereocenters. The maximum atomic E-state index is 12.0. The van der Waals surface area contributed by atoms with E-state index in [1.165, 1.54) is 0 Å². The topological polar surface area (TPSA) is 26.0 Å². The molecule has 0 aliphatic rings. The molecule has 0 radical (unpaired) electrons. The lowest BCUT2D eigenvalue weighted by atomic mass is 10.0. The SMILES string of the molecule is CC(N)Cc1ccc(CC(F)F)cc1. The second-order valence-electron chi connectivity index (χ2n) is 3.59. The Labute approximate surface area is 82.9 Å². The average Bonchev–Trinajstić information content (AvgIpc) is 2.06. The summed E-state index contributed by atoms with van der Waals surface area (Å²) in [6.45, 7) is 1.92. The van der Waals surface area contributed by atoms with Crippen molar-refractivity contribution in [2.24, 2.45) is 5.73 Å². The zero-order chi connectivity index (χ0) is 10.6. The summed E-state index contributed by atoms with van der Waals surface area (Å²) in [7, 11) is 0. The van der Waals surface area contributed by atoms with E-state index < -0.39 is 6.43 Å². The summed E-state index contributed by atoms with van der Waals surface area (Å²) < 4.78 is 24.0. The Morgan fingerprint density at radius 3 is 1.86 bits per heavy atom. The molecule has 0 aliphatic heterocycles. The molecule has 0 heterocycles. The van der Waals surface area contributed by atoms with Crippen LogP contribution in [0.3, 0.4) is 0 Å². The summed E-state index contributed by atoms with van der Waals surface area (Å²) >= 11 is 0. The van der Waals surface area contributed by atoms with Gasteiger partial charge in [-0.25, -0.2) is 8.78 Å². The van der Waals surface area contributed by atoms with Gasteiger partial charge in [0, 0.05) is 12.5 Å². The first-order valence-corrected chi connectivity index (χ1v) is 4.69. The fourth-order valence-corrected chi connectivity index (χ4v) is 1.36. The predicted octanol–water partition coefficient (Wildman–Crippen LogP) is 2.38. The van der Waals surface area contributed by atoms with Crippen LogP contribution in [0.5, 0.6) is 0 Å². The summed E-state index contributed by atoms with van der Waals surface area (Å²) in [6, 6.07) is 7.31. The van der Waals surface area contributed by atoms with E-state index in [2.05, 4.69) is 0 Å². The summed E-state index contributed by atoms with van der Waals surface area (Å²) in [5.74, 6) is 0. The smallest absolute Gasteiger partial charge is 0.242 e. The number of benzene rings is 1. The van der Waals surface area contributed by atoms with Gasteiger partial charge in [-0.3, -0.25) is 0 Å². The fraction of sp³-hybridized carbons (Fsp3) is 0.455. The van der Waals surface area contributed by atoms with Crippen LogP contribution in [0.2, 0.25) is 0 Å². The standard InChI is InChI=1S/C11H15F2N/c1-8(14)6-9-2-4-10(5-3-9)7-11(12)13/h2-5,8,11H,6-7,14H2,1H3. The maximum Gasteiger partial charge on any atom is 0.242 e. The normalized spacial score (nSPS) is 13.2. The number of rotatable bonds is 4. The van der Waals surface area contributed by atoms with E-state index in [4.69, 9.17) is 5.73 Å². The molecule has 3 heteroatoms. The number of hydrogen-bond donors (Lipinski definition) is 1. The van der Waals surface area contributed by atoms with Crippen molar-refractivity contribution in [2.45, 2.75) is 32.2 Å².